The summed E-state index contributed by atoms with van der Waals surface area (Å²) in [6, 6.07) is 6.72. The first-order chi connectivity index (χ1) is 9.59. The Morgan fingerprint density at radius 3 is 2.30 bits per heavy atom. The lowest BCUT2D eigenvalue weighted by molar-refractivity contribution is -0.0329. The summed E-state index contributed by atoms with van der Waals surface area (Å²) in [4.78, 5) is 26.1. The van der Waals surface area contributed by atoms with Crippen LogP contribution in [0.2, 0.25) is 0 Å². The van der Waals surface area contributed by atoms with Crippen LogP contribution in [-0.4, -0.2) is 41.5 Å². The summed E-state index contributed by atoms with van der Waals surface area (Å²) in [6.07, 6.45) is 1.51. The molecule has 5 nitrogen and oxygen atoms in total. The Hall–Kier alpha value is -1.72. The van der Waals surface area contributed by atoms with Crippen molar-refractivity contribution in [3.8, 4) is 0 Å². The van der Waals surface area contributed by atoms with Crippen molar-refractivity contribution in [2.45, 2.75) is 38.0 Å². The fraction of sp³-hybridized carbons (Fsp3) is 0.467. The second-order valence-electron chi connectivity index (χ2n) is 5.48. The second-order valence-corrected chi connectivity index (χ2v) is 5.48. The first kappa shape index (κ1) is 13.3. The number of fused-ring (bicyclic) bond motifs is 1. The van der Waals surface area contributed by atoms with E-state index in [2.05, 4.69) is 0 Å². The predicted molar refractivity (Wildman–Crippen MR) is 73.4 cm³/mol. The van der Waals surface area contributed by atoms with Crippen LogP contribution in [0.25, 0.3) is 0 Å². The van der Waals surface area contributed by atoms with Crippen LogP contribution < -0.4 is 5.73 Å². The van der Waals surface area contributed by atoms with Gasteiger partial charge >= 0.3 is 0 Å². The summed E-state index contributed by atoms with van der Waals surface area (Å²) in [5.74, 6) is -0.451. The van der Waals surface area contributed by atoms with E-state index >= 15 is 0 Å². The van der Waals surface area contributed by atoms with Crippen molar-refractivity contribution in [3.63, 3.8) is 0 Å². The molecular weight excluding hydrogens is 256 g/mol. The number of benzene rings is 1. The van der Waals surface area contributed by atoms with Crippen LogP contribution in [0, 0.1) is 0 Å². The summed E-state index contributed by atoms with van der Waals surface area (Å²) >= 11 is 0. The number of carbonyl (C=O) groups excluding carboxylic acids is 2. The van der Waals surface area contributed by atoms with Gasteiger partial charge in [-0.25, -0.2) is 0 Å². The van der Waals surface area contributed by atoms with Crippen LogP contribution in [0.15, 0.2) is 24.3 Å². The molecule has 3 atom stereocenters. The summed E-state index contributed by atoms with van der Waals surface area (Å²) in [5, 5.41) is 0. The van der Waals surface area contributed by atoms with E-state index in [1.54, 1.807) is 24.3 Å². The van der Waals surface area contributed by atoms with Crippen LogP contribution in [0.5, 0.6) is 0 Å². The molecule has 106 valence electrons. The fourth-order valence-corrected chi connectivity index (χ4v) is 2.92. The maximum atomic E-state index is 12.4. The lowest BCUT2D eigenvalue weighted by Gasteiger charge is -2.34. The average molecular weight is 274 g/mol. The first-order valence-electron chi connectivity index (χ1n) is 6.93. The third-order valence-corrected chi connectivity index (χ3v) is 4.12. The van der Waals surface area contributed by atoms with Crippen LogP contribution in [0.1, 0.15) is 40.5 Å². The van der Waals surface area contributed by atoms with E-state index < -0.39 is 0 Å². The Morgan fingerprint density at radius 1 is 1.20 bits per heavy atom. The quantitative estimate of drug-likeness (QED) is 0.822. The summed E-state index contributed by atoms with van der Waals surface area (Å²) in [6.45, 7) is 2.35. The van der Waals surface area contributed by atoms with Crippen LogP contribution >= 0.6 is 0 Å². The van der Waals surface area contributed by atoms with E-state index in [1.807, 2.05) is 6.92 Å². The maximum Gasteiger partial charge on any atom is 0.261 e. The van der Waals surface area contributed by atoms with Crippen LogP contribution in [0.4, 0.5) is 0 Å². The minimum absolute atomic E-state index is 0.0561. The lowest BCUT2D eigenvalue weighted by Crippen LogP contribution is -2.49. The highest BCUT2D eigenvalue weighted by molar-refractivity contribution is 6.21. The van der Waals surface area contributed by atoms with Gasteiger partial charge in [0.05, 0.1) is 29.9 Å². The minimum Gasteiger partial charge on any atom is -0.374 e. The molecular formula is C15H18N2O3. The number of amides is 2. The van der Waals surface area contributed by atoms with Crippen molar-refractivity contribution >= 4 is 11.8 Å². The number of carbonyl (C=O) groups is 2. The molecule has 5 heteroatoms. The number of imide groups is 1. The van der Waals surface area contributed by atoms with Crippen molar-refractivity contribution < 1.29 is 14.3 Å². The molecule has 2 aliphatic heterocycles. The zero-order valence-electron chi connectivity index (χ0n) is 11.4. The highest BCUT2D eigenvalue weighted by atomic mass is 16.5. The van der Waals surface area contributed by atoms with Crippen molar-refractivity contribution in [1.29, 1.82) is 0 Å². The topological polar surface area (TPSA) is 72.6 Å². The van der Waals surface area contributed by atoms with Crippen molar-refractivity contribution in [3.05, 3.63) is 35.4 Å². The van der Waals surface area contributed by atoms with Gasteiger partial charge < -0.3 is 10.5 Å². The van der Waals surface area contributed by atoms with Gasteiger partial charge in [0.15, 0.2) is 0 Å². The van der Waals surface area contributed by atoms with Gasteiger partial charge in [-0.1, -0.05) is 12.1 Å². The number of hydrogen-bond acceptors (Lipinski definition) is 4. The van der Waals surface area contributed by atoms with E-state index in [-0.39, 0.29) is 30.0 Å². The first-order valence-corrected chi connectivity index (χ1v) is 6.93. The zero-order valence-corrected chi connectivity index (χ0v) is 11.4. The van der Waals surface area contributed by atoms with E-state index in [1.165, 1.54) is 4.90 Å². The molecule has 20 heavy (non-hydrogen) atoms. The molecule has 1 aromatic carbocycles. The highest BCUT2D eigenvalue weighted by Crippen LogP contribution is 2.28. The molecule has 0 bridgehead atoms. The van der Waals surface area contributed by atoms with Gasteiger partial charge in [-0.05, 0) is 31.9 Å². The molecule has 2 aliphatic rings. The predicted octanol–water partition coefficient (Wildman–Crippen LogP) is 1.18. The van der Waals surface area contributed by atoms with Crippen molar-refractivity contribution in [2.24, 2.45) is 5.73 Å². The fourth-order valence-electron chi connectivity index (χ4n) is 2.92. The molecule has 1 saturated heterocycles. The largest absolute Gasteiger partial charge is 0.374 e. The molecule has 1 fully saturated rings. The molecule has 1 aromatic rings. The molecule has 2 amide bonds. The summed E-state index contributed by atoms with van der Waals surface area (Å²) < 4.78 is 5.69. The standard InChI is InChI=1S/C15H18N2O3/c1-9(13-7-6-10(16)8-20-13)17-14(18)11-4-2-3-5-12(11)15(17)19/h2-5,9-10,13H,6-8,16H2,1H3/t9?,10-,13+/m1/s1. The van der Waals surface area contributed by atoms with Gasteiger partial charge in [0.2, 0.25) is 0 Å². The van der Waals surface area contributed by atoms with Crippen molar-refractivity contribution in [2.75, 3.05) is 6.61 Å². The third-order valence-electron chi connectivity index (χ3n) is 4.12. The molecule has 2 N–H and O–H groups in total. The van der Waals surface area contributed by atoms with Gasteiger partial charge in [-0.3, -0.25) is 14.5 Å². The zero-order chi connectivity index (χ0) is 14.3. The molecule has 0 spiro atoms. The molecule has 1 unspecified atom stereocenters. The van der Waals surface area contributed by atoms with Crippen LogP contribution in [0.3, 0.4) is 0 Å². The summed E-state index contributed by atoms with van der Waals surface area (Å²) in [7, 11) is 0. The van der Waals surface area contributed by atoms with Gasteiger partial charge in [0.1, 0.15) is 0 Å². The maximum absolute atomic E-state index is 12.4. The average Bonchev–Trinajstić information content (AvgIpc) is 2.72. The van der Waals surface area contributed by atoms with Gasteiger partial charge in [0, 0.05) is 6.04 Å². The number of hydrogen-bond donors (Lipinski definition) is 1. The van der Waals surface area contributed by atoms with Gasteiger partial charge in [-0.2, -0.15) is 0 Å². The van der Waals surface area contributed by atoms with Gasteiger partial charge in [0.25, 0.3) is 11.8 Å². The molecule has 0 aromatic heterocycles. The monoisotopic (exact) mass is 274 g/mol. The SMILES string of the molecule is CC([C@@H]1CC[C@@H](N)CO1)N1C(=O)c2ccccc2C1=O. The number of nitrogens with two attached hydrogens (primary N) is 1. The molecule has 0 saturated carbocycles. The molecule has 2 heterocycles. The minimum atomic E-state index is -0.269. The van der Waals surface area contributed by atoms with Gasteiger partial charge in [-0.15, -0.1) is 0 Å². The molecule has 0 radical (unpaired) electrons. The van der Waals surface area contributed by atoms with Crippen LogP contribution in [-0.2, 0) is 4.74 Å². The number of rotatable bonds is 2. The Kier molecular flexibility index (Phi) is 3.31. The Morgan fingerprint density at radius 2 is 1.80 bits per heavy atom. The van der Waals surface area contributed by atoms with Crippen molar-refractivity contribution in [1.82, 2.24) is 4.90 Å². The Bertz CT molecular complexity index is 515. The molecule has 0 aliphatic carbocycles. The van der Waals surface area contributed by atoms with E-state index in [0.717, 1.165) is 12.8 Å². The van der Waals surface area contributed by atoms with E-state index in [0.29, 0.717) is 17.7 Å². The lowest BCUT2D eigenvalue weighted by atomic mass is 10.00. The second kappa shape index (κ2) is 5.00. The number of ether oxygens (including phenoxy) is 1. The Labute approximate surface area is 117 Å². The third kappa shape index (κ3) is 2.03. The van der Waals surface area contributed by atoms with E-state index in [4.69, 9.17) is 10.5 Å². The molecule has 3 rings (SSSR count). The Balaban J connectivity index is 1.82. The smallest absolute Gasteiger partial charge is 0.261 e. The number of nitrogens with zero attached hydrogens (tertiary/aromatic N) is 1. The normalized spacial score (nSPS) is 27.6. The summed E-state index contributed by atoms with van der Waals surface area (Å²) in [5.41, 5.74) is 6.77. The van der Waals surface area contributed by atoms with E-state index in [9.17, 15) is 9.59 Å². The highest BCUT2D eigenvalue weighted by Gasteiger charge is 2.41.